The van der Waals surface area contributed by atoms with Gasteiger partial charge in [-0.3, -0.25) is 4.99 Å². The van der Waals surface area contributed by atoms with Crippen molar-refractivity contribution in [2.75, 3.05) is 17.6 Å². The molecular weight excluding hydrogens is 381 g/mol. The second kappa shape index (κ2) is 7.54. The zero-order chi connectivity index (χ0) is 13.9. The second-order valence-electron chi connectivity index (χ2n) is 5.60. The molecular formula is C15H24IN3S. The normalized spacial score (nSPS) is 22.4. The van der Waals surface area contributed by atoms with Crippen molar-refractivity contribution >= 4 is 47.4 Å². The van der Waals surface area contributed by atoms with E-state index in [0.717, 1.165) is 12.2 Å². The van der Waals surface area contributed by atoms with Gasteiger partial charge < -0.3 is 11.1 Å². The van der Waals surface area contributed by atoms with Gasteiger partial charge in [0.2, 0.25) is 0 Å². The molecule has 1 aliphatic rings. The van der Waals surface area contributed by atoms with Gasteiger partial charge in [0.05, 0.1) is 6.54 Å². The molecule has 3 nitrogen and oxygen atoms in total. The van der Waals surface area contributed by atoms with Crippen molar-refractivity contribution in [1.82, 2.24) is 0 Å². The van der Waals surface area contributed by atoms with E-state index in [1.807, 2.05) is 11.8 Å². The first-order valence-electron chi connectivity index (χ1n) is 6.76. The van der Waals surface area contributed by atoms with Gasteiger partial charge in [0.15, 0.2) is 5.96 Å². The maximum absolute atomic E-state index is 5.97. The van der Waals surface area contributed by atoms with Crippen LogP contribution in [0.4, 0.5) is 5.69 Å². The van der Waals surface area contributed by atoms with Crippen LogP contribution in [0.15, 0.2) is 23.2 Å². The van der Waals surface area contributed by atoms with E-state index in [1.165, 1.54) is 29.7 Å². The monoisotopic (exact) mass is 405 g/mol. The lowest BCUT2D eigenvalue weighted by Gasteiger charge is -2.20. The van der Waals surface area contributed by atoms with E-state index in [0.29, 0.717) is 5.96 Å². The summed E-state index contributed by atoms with van der Waals surface area (Å²) in [6, 6.07) is 6.32. The van der Waals surface area contributed by atoms with Gasteiger partial charge in [-0.1, -0.05) is 6.07 Å². The minimum atomic E-state index is 0. The van der Waals surface area contributed by atoms with E-state index < -0.39 is 0 Å². The topological polar surface area (TPSA) is 50.4 Å². The number of nitrogens with one attached hydrogen (secondary N) is 1. The van der Waals surface area contributed by atoms with E-state index >= 15 is 0 Å². The number of rotatable bonds is 3. The number of hydrogen-bond donors (Lipinski definition) is 2. The lowest BCUT2D eigenvalue weighted by Crippen LogP contribution is -2.27. The van der Waals surface area contributed by atoms with Crippen LogP contribution < -0.4 is 11.1 Å². The number of hydrogen-bond acceptors (Lipinski definition) is 2. The molecule has 0 amide bonds. The predicted molar refractivity (Wildman–Crippen MR) is 102 cm³/mol. The van der Waals surface area contributed by atoms with Crippen LogP contribution in [0.3, 0.4) is 0 Å². The molecule has 2 rings (SSSR count). The second-order valence-corrected chi connectivity index (χ2v) is 7.29. The third-order valence-corrected chi connectivity index (χ3v) is 4.90. The van der Waals surface area contributed by atoms with Crippen molar-refractivity contribution < 1.29 is 0 Å². The predicted octanol–water partition coefficient (Wildman–Crippen LogP) is 3.93. The van der Waals surface area contributed by atoms with Crippen molar-refractivity contribution in [3.8, 4) is 0 Å². The number of halogens is 1. The van der Waals surface area contributed by atoms with E-state index in [9.17, 15) is 0 Å². The third kappa shape index (κ3) is 5.16. The van der Waals surface area contributed by atoms with E-state index in [-0.39, 0.29) is 28.7 Å². The van der Waals surface area contributed by atoms with Crippen molar-refractivity contribution in [2.24, 2.45) is 10.7 Å². The maximum Gasteiger partial charge on any atom is 0.193 e. The van der Waals surface area contributed by atoms with E-state index in [1.54, 1.807) is 0 Å². The van der Waals surface area contributed by atoms with Crippen LogP contribution in [0.5, 0.6) is 0 Å². The molecule has 1 heterocycles. The van der Waals surface area contributed by atoms with E-state index in [2.05, 4.69) is 49.3 Å². The number of nitrogens with two attached hydrogens (primary N) is 1. The Morgan fingerprint density at radius 1 is 1.35 bits per heavy atom. The third-order valence-electron chi connectivity index (χ3n) is 3.38. The van der Waals surface area contributed by atoms with Crippen LogP contribution in [0.2, 0.25) is 0 Å². The van der Waals surface area contributed by atoms with Crippen LogP contribution in [0, 0.1) is 13.8 Å². The van der Waals surface area contributed by atoms with Gasteiger partial charge in [0.25, 0.3) is 0 Å². The van der Waals surface area contributed by atoms with Gasteiger partial charge in [-0.15, -0.1) is 24.0 Å². The lowest BCUT2D eigenvalue weighted by atomic mass is 10.1. The van der Waals surface area contributed by atoms with Gasteiger partial charge in [0, 0.05) is 10.4 Å². The smallest absolute Gasteiger partial charge is 0.193 e. The van der Waals surface area contributed by atoms with Crippen LogP contribution >= 0.6 is 35.7 Å². The summed E-state index contributed by atoms with van der Waals surface area (Å²) in [6.07, 6.45) is 2.53. The molecule has 20 heavy (non-hydrogen) atoms. The Labute approximate surface area is 143 Å². The minimum Gasteiger partial charge on any atom is -0.370 e. The number of nitrogens with zero attached hydrogens (tertiary/aromatic N) is 1. The summed E-state index contributed by atoms with van der Waals surface area (Å²) in [6.45, 7) is 7.24. The number of thioether (sulfide) groups is 1. The summed E-state index contributed by atoms with van der Waals surface area (Å²) in [5.41, 5.74) is 9.45. The Morgan fingerprint density at radius 2 is 2.00 bits per heavy atom. The zero-order valence-electron chi connectivity index (χ0n) is 12.4. The van der Waals surface area contributed by atoms with Crippen LogP contribution in [-0.4, -0.2) is 23.0 Å². The first kappa shape index (κ1) is 17.6. The molecule has 1 fully saturated rings. The average Bonchev–Trinajstić information content (AvgIpc) is 2.73. The number of benzene rings is 1. The Bertz CT molecular complexity index is 462. The molecule has 0 aromatic heterocycles. The molecule has 3 N–H and O–H groups in total. The van der Waals surface area contributed by atoms with Crippen molar-refractivity contribution in [3.05, 3.63) is 29.3 Å². The summed E-state index contributed by atoms with van der Waals surface area (Å²) < 4.78 is 0.273. The quantitative estimate of drug-likeness (QED) is 0.455. The Balaban J connectivity index is 0.00000200. The maximum atomic E-state index is 5.97. The molecule has 0 spiro atoms. The fraction of sp³-hybridized carbons (Fsp3) is 0.533. The Morgan fingerprint density at radius 3 is 2.55 bits per heavy atom. The Kier molecular flexibility index (Phi) is 6.64. The molecule has 0 aliphatic carbocycles. The highest BCUT2D eigenvalue weighted by atomic mass is 127. The Hall–Kier alpha value is -0.430. The molecule has 0 bridgehead atoms. The zero-order valence-corrected chi connectivity index (χ0v) is 15.5. The summed E-state index contributed by atoms with van der Waals surface area (Å²) in [5, 5.41) is 3.18. The fourth-order valence-electron chi connectivity index (χ4n) is 2.45. The van der Waals surface area contributed by atoms with Crippen LogP contribution in [-0.2, 0) is 0 Å². The van der Waals surface area contributed by atoms with Gasteiger partial charge in [-0.2, -0.15) is 11.8 Å². The molecule has 1 aromatic rings. The van der Waals surface area contributed by atoms with E-state index in [4.69, 9.17) is 5.73 Å². The molecule has 1 aromatic carbocycles. The SMILES string of the molecule is Cc1cc(C)cc(NC(N)=NCC2(C)CCCS2)c1.I. The van der Waals surface area contributed by atoms with Crippen molar-refractivity contribution in [3.63, 3.8) is 0 Å². The summed E-state index contributed by atoms with van der Waals surface area (Å²) in [7, 11) is 0. The van der Waals surface area contributed by atoms with Gasteiger partial charge in [0.1, 0.15) is 0 Å². The van der Waals surface area contributed by atoms with Crippen molar-refractivity contribution in [2.45, 2.75) is 38.4 Å². The van der Waals surface area contributed by atoms with Crippen LogP contribution in [0.1, 0.15) is 30.9 Å². The highest BCUT2D eigenvalue weighted by molar-refractivity contribution is 14.0. The summed E-state index contributed by atoms with van der Waals surface area (Å²) in [4.78, 5) is 4.50. The standard InChI is InChI=1S/C15H23N3S.HI/c1-11-7-12(2)9-13(8-11)18-14(16)17-10-15(3)5-4-6-19-15;/h7-9H,4-6,10H2,1-3H3,(H3,16,17,18);1H. The molecule has 1 unspecified atom stereocenters. The van der Waals surface area contributed by atoms with Gasteiger partial charge in [-0.25, -0.2) is 0 Å². The molecule has 0 saturated carbocycles. The molecule has 112 valence electrons. The first-order chi connectivity index (χ1) is 8.97. The molecule has 1 aliphatic heterocycles. The largest absolute Gasteiger partial charge is 0.370 e. The number of aryl methyl sites for hydroxylation is 2. The summed E-state index contributed by atoms with van der Waals surface area (Å²) >= 11 is 2.01. The number of anilines is 1. The van der Waals surface area contributed by atoms with Gasteiger partial charge >= 0.3 is 0 Å². The molecule has 1 atom stereocenters. The van der Waals surface area contributed by atoms with Crippen LogP contribution in [0.25, 0.3) is 0 Å². The highest BCUT2D eigenvalue weighted by Gasteiger charge is 2.28. The molecule has 5 heteroatoms. The summed E-state index contributed by atoms with van der Waals surface area (Å²) in [5.74, 6) is 1.76. The first-order valence-corrected chi connectivity index (χ1v) is 7.75. The molecule has 1 saturated heterocycles. The average molecular weight is 405 g/mol. The minimum absolute atomic E-state index is 0. The lowest BCUT2D eigenvalue weighted by molar-refractivity contribution is 0.619. The van der Waals surface area contributed by atoms with Crippen molar-refractivity contribution in [1.29, 1.82) is 0 Å². The molecule has 0 radical (unpaired) electrons. The number of guanidine groups is 1. The fourth-order valence-corrected chi connectivity index (χ4v) is 3.67. The highest BCUT2D eigenvalue weighted by Crippen LogP contribution is 2.37. The number of aliphatic imine (C=N–C) groups is 1. The van der Waals surface area contributed by atoms with Gasteiger partial charge in [-0.05, 0) is 62.6 Å².